The zero-order chi connectivity index (χ0) is 14.4. The molecule has 1 aromatic rings. The molecule has 106 valence electrons. The van der Waals surface area contributed by atoms with E-state index in [4.69, 9.17) is 0 Å². The minimum Gasteiger partial charge on any atom is -0.494 e. The fourth-order valence-electron chi connectivity index (χ4n) is 1.71. The molecule has 7 heteroatoms. The normalized spacial score (nSPS) is 12.1. The molecule has 0 saturated carbocycles. The number of nitrogens with one attached hydrogen (secondary N) is 2. The van der Waals surface area contributed by atoms with Gasteiger partial charge in [0.15, 0.2) is 0 Å². The number of rotatable bonds is 6. The van der Waals surface area contributed by atoms with Crippen LogP contribution in [0.15, 0.2) is 14.6 Å². The van der Waals surface area contributed by atoms with Crippen LogP contribution in [0.25, 0.3) is 0 Å². The number of hydrogen-bond acceptors (Lipinski definition) is 5. The summed E-state index contributed by atoms with van der Waals surface area (Å²) in [6.45, 7) is 3.31. The zero-order valence-electron chi connectivity index (χ0n) is 11.5. The fraction of sp³-hybridized carbons (Fsp3) is 0.583. The number of aromatic nitrogens is 2. The molecule has 0 aliphatic heterocycles. The van der Waals surface area contributed by atoms with Gasteiger partial charge in [-0.3, -0.25) is 19.8 Å². The summed E-state index contributed by atoms with van der Waals surface area (Å²) in [6.07, 6.45) is 1.36. The molecule has 19 heavy (non-hydrogen) atoms. The third-order valence-electron chi connectivity index (χ3n) is 2.61. The lowest BCUT2D eigenvalue weighted by Crippen LogP contribution is -2.27. The first-order valence-electron chi connectivity index (χ1n) is 6.19. The van der Waals surface area contributed by atoms with E-state index in [-0.39, 0.29) is 5.56 Å². The maximum absolute atomic E-state index is 11.7. The van der Waals surface area contributed by atoms with Crippen molar-refractivity contribution in [2.45, 2.75) is 19.8 Å². The summed E-state index contributed by atoms with van der Waals surface area (Å²) in [6, 6.07) is 0. The van der Waals surface area contributed by atoms with E-state index in [9.17, 15) is 14.7 Å². The van der Waals surface area contributed by atoms with Gasteiger partial charge in [0, 0.05) is 6.54 Å². The van der Waals surface area contributed by atoms with E-state index in [2.05, 4.69) is 15.0 Å². The third-order valence-corrected chi connectivity index (χ3v) is 2.61. The van der Waals surface area contributed by atoms with Crippen LogP contribution in [0.3, 0.4) is 0 Å². The summed E-state index contributed by atoms with van der Waals surface area (Å²) in [5, 5.41) is 9.65. The second-order valence-electron chi connectivity index (χ2n) is 4.47. The van der Waals surface area contributed by atoms with Gasteiger partial charge in [-0.05, 0) is 33.5 Å². The molecule has 0 fully saturated rings. The number of hydrogen-bond donors (Lipinski definition) is 3. The summed E-state index contributed by atoms with van der Waals surface area (Å²) in [4.78, 5) is 33.3. The Morgan fingerprint density at radius 3 is 2.53 bits per heavy atom. The Morgan fingerprint density at radius 2 is 2.00 bits per heavy atom. The number of H-pyrrole nitrogens is 2. The molecule has 0 aromatic carbocycles. The van der Waals surface area contributed by atoms with Crippen molar-refractivity contribution >= 4 is 5.71 Å². The predicted molar refractivity (Wildman–Crippen MR) is 74.2 cm³/mol. The molecular formula is C12H20N4O3. The van der Waals surface area contributed by atoms with Crippen molar-refractivity contribution in [1.82, 2.24) is 14.9 Å². The molecule has 0 spiro atoms. The Bertz CT molecular complexity index is 557. The smallest absolute Gasteiger partial charge is 0.328 e. The van der Waals surface area contributed by atoms with Crippen molar-refractivity contribution in [2.24, 2.45) is 4.99 Å². The average molecular weight is 268 g/mol. The quantitative estimate of drug-likeness (QED) is 0.496. The first-order chi connectivity index (χ1) is 8.95. The molecule has 0 aliphatic rings. The highest BCUT2D eigenvalue weighted by Crippen LogP contribution is 2.09. The molecule has 1 heterocycles. The summed E-state index contributed by atoms with van der Waals surface area (Å²) < 4.78 is 0. The molecule has 0 amide bonds. The molecule has 0 bridgehead atoms. The maximum Gasteiger partial charge on any atom is 0.328 e. The Hall–Kier alpha value is -1.89. The lowest BCUT2D eigenvalue weighted by molar-refractivity contribution is 0.403. The van der Waals surface area contributed by atoms with E-state index in [1.165, 1.54) is 0 Å². The molecule has 1 rings (SSSR count). The van der Waals surface area contributed by atoms with Crippen LogP contribution in [0.5, 0.6) is 5.88 Å². The van der Waals surface area contributed by atoms with Gasteiger partial charge in [0.2, 0.25) is 5.88 Å². The predicted octanol–water partition coefficient (Wildman–Crippen LogP) is -0.0804. The number of nitrogens with zero attached hydrogens (tertiary/aromatic N) is 2. The van der Waals surface area contributed by atoms with Gasteiger partial charge in [-0.1, -0.05) is 6.92 Å². The first kappa shape index (κ1) is 15.2. The maximum atomic E-state index is 11.7. The molecule has 1 aromatic heterocycles. The molecule has 0 atom stereocenters. The summed E-state index contributed by atoms with van der Waals surface area (Å²) in [5.41, 5.74) is -0.801. The van der Waals surface area contributed by atoms with E-state index < -0.39 is 17.1 Å². The van der Waals surface area contributed by atoms with Crippen LogP contribution in [0.4, 0.5) is 0 Å². The molecule has 3 N–H and O–H groups in total. The van der Waals surface area contributed by atoms with Crippen LogP contribution in [-0.2, 0) is 0 Å². The number of aromatic amines is 2. The number of aliphatic imine (C=N–C) groups is 1. The minimum absolute atomic E-state index is 0.0481. The van der Waals surface area contributed by atoms with Gasteiger partial charge in [0.25, 0.3) is 5.56 Å². The largest absolute Gasteiger partial charge is 0.494 e. The first-order valence-corrected chi connectivity index (χ1v) is 6.19. The summed E-state index contributed by atoms with van der Waals surface area (Å²) >= 11 is 0. The number of aromatic hydroxyl groups is 1. The van der Waals surface area contributed by atoms with Gasteiger partial charge in [-0.2, -0.15) is 0 Å². The van der Waals surface area contributed by atoms with Crippen LogP contribution in [0.1, 0.15) is 25.3 Å². The standard InChI is InChI=1S/C12H20N4O3/c1-4-8(13-6-5-7-16(2)3)9-10(17)14-12(19)15-11(9)18/h4-7H2,1-3H3,(H3,14,15,17,18,19). The SMILES string of the molecule is CCC(=NCCCN(C)C)c1c(O)[nH]c(=O)[nH]c1=O. The second-order valence-corrected chi connectivity index (χ2v) is 4.47. The van der Waals surface area contributed by atoms with E-state index in [0.29, 0.717) is 18.7 Å². The van der Waals surface area contributed by atoms with Crippen LogP contribution in [-0.4, -0.2) is 52.9 Å². The average Bonchev–Trinajstić information content (AvgIpc) is 2.30. The van der Waals surface area contributed by atoms with Gasteiger partial charge in [0.05, 0.1) is 5.71 Å². The van der Waals surface area contributed by atoms with Gasteiger partial charge >= 0.3 is 5.69 Å². The van der Waals surface area contributed by atoms with Crippen LogP contribution >= 0.6 is 0 Å². The Kier molecular flexibility index (Phi) is 5.50. The van der Waals surface area contributed by atoms with E-state index in [1.807, 2.05) is 25.9 Å². The minimum atomic E-state index is -0.727. The lowest BCUT2D eigenvalue weighted by atomic mass is 10.1. The van der Waals surface area contributed by atoms with Crippen molar-refractivity contribution in [2.75, 3.05) is 27.2 Å². The van der Waals surface area contributed by atoms with E-state index in [1.54, 1.807) is 0 Å². The fourth-order valence-corrected chi connectivity index (χ4v) is 1.71. The second kappa shape index (κ2) is 6.89. The van der Waals surface area contributed by atoms with Gasteiger partial charge in [-0.15, -0.1) is 0 Å². The molecule has 0 radical (unpaired) electrons. The molecule has 0 aliphatic carbocycles. The highest BCUT2D eigenvalue weighted by molar-refractivity contribution is 6.01. The third kappa shape index (κ3) is 4.36. The van der Waals surface area contributed by atoms with Crippen molar-refractivity contribution < 1.29 is 5.11 Å². The summed E-state index contributed by atoms with van der Waals surface area (Å²) in [7, 11) is 3.95. The molecule has 0 unspecified atom stereocenters. The van der Waals surface area contributed by atoms with Crippen LogP contribution in [0.2, 0.25) is 0 Å². The Labute approximate surface area is 111 Å². The van der Waals surface area contributed by atoms with Gasteiger partial charge in [0.1, 0.15) is 5.56 Å². The van der Waals surface area contributed by atoms with E-state index in [0.717, 1.165) is 13.0 Å². The Morgan fingerprint density at radius 1 is 1.32 bits per heavy atom. The zero-order valence-corrected chi connectivity index (χ0v) is 11.5. The molecular weight excluding hydrogens is 248 g/mol. The topological polar surface area (TPSA) is 102 Å². The van der Waals surface area contributed by atoms with Crippen molar-refractivity contribution in [3.8, 4) is 5.88 Å². The van der Waals surface area contributed by atoms with Gasteiger partial charge < -0.3 is 10.0 Å². The molecule has 7 nitrogen and oxygen atoms in total. The highest BCUT2D eigenvalue weighted by atomic mass is 16.3. The Balaban J connectivity index is 2.95. The van der Waals surface area contributed by atoms with E-state index >= 15 is 0 Å². The monoisotopic (exact) mass is 268 g/mol. The lowest BCUT2D eigenvalue weighted by Gasteiger charge is -2.08. The summed E-state index contributed by atoms with van der Waals surface area (Å²) in [5.74, 6) is -0.429. The molecule has 0 saturated heterocycles. The van der Waals surface area contributed by atoms with Crippen LogP contribution < -0.4 is 11.2 Å². The van der Waals surface area contributed by atoms with Crippen molar-refractivity contribution in [1.29, 1.82) is 0 Å². The van der Waals surface area contributed by atoms with Gasteiger partial charge in [-0.25, -0.2) is 4.79 Å². The van der Waals surface area contributed by atoms with Crippen LogP contribution in [0, 0.1) is 0 Å². The highest BCUT2D eigenvalue weighted by Gasteiger charge is 2.13. The van der Waals surface area contributed by atoms with Crippen molar-refractivity contribution in [3.05, 3.63) is 26.4 Å². The van der Waals surface area contributed by atoms with Crippen molar-refractivity contribution in [3.63, 3.8) is 0 Å².